The van der Waals surface area contributed by atoms with Crippen molar-refractivity contribution in [3.8, 4) is 5.75 Å². The summed E-state index contributed by atoms with van der Waals surface area (Å²) >= 11 is 5.96. The number of aromatic nitrogens is 4. The third-order valence-corrected chi connectivity index (χ3v) is 3.93. The van der Waals surface area contributed by atoms with Gasteiger partial charge in [0.05, 0.1) is 12.8 Å². The van der Waals surface area contributed by atoms with Gasteiger partial charge in [0.15, 0.2) is 5.82 Å². The van der Waals surface area contributed by atoms with Crippen molar-refractivity contribution in [1.82, 2.24) is 20.2 Å². The summed E-state index contributed by atoms with van der Waals surface area (Å²) in [5.41, 5.74) is 2.77. The van der Waals surface area contributed by atoms with Crippen LogP contribution in [0.2, 0.25) is 5.02 Å². The van der Waals surface area contributed by atoms with E-state index in [0.717, 1.165) is 5.56 Å². The minimum absolute atomic E-state index is 0.0590. The first-order valence-corrected chi connectivity index (χ1v) is 8.37. The molecule has 0 radical (unpaired) electrons. The zero-order valence-electron chi connectivity index (χ0n) is 14.4. The minimum Gasteiger partial charge on any atom is -0.495 e. The Morgan fingerprint density at radius 2 is 2.00 bits per heavy atom. The minimum atomic E-state index is -0.301. The van der Waals surface area contributed by atoms with Crippen molar-refractivity contribution in [2.75, 3.05) is 12.4 Å². The van der Waals surface area contributed by atoms with E-state index in [2.05, 4.69) is 20.7 Å². The molecule has 1 heterocycles. The lowest BCUT2D eigenvalue weighted by molar-refractivity contribution is -0.117. The van der Waals surface area contributed by atoms with Crippen molar-refractivity contribution in [2.24, 2.45) is 0 Å². The summed E-state index contributed by atoms with van der Waals surface area (Å²) in [4.78, 5) is 13.5. The molecule has 0 aliphatic carbocycles. The zero-order valence-corrected chi connectivity index (χ0v) is 15.2. The van der Waals surface area contributed by atoms with E-state index in [0.29, 0.717) is 28.7 Å². The lowest BCUT2D eigenvalue weighted by Crippen LogP contribution is -2.20. The zero-order chi connectivity index (χ0) is 18.5. The number of carbonyl (C=O) groups is 1. The lowest BCUT2D eigenvalue weighted by Gasteiger charge is -2.10. The first-order chi connectivity index (χ1) is 12.5. The molecular formula is C18H18ClN5O2. The molecule has 7 nitrogen and oxygen atoms in total. The Hall–Kier alpha value is -2.93. The second-order valence-corrected chi connectivity index (χ2v) is 6.23. The van der Waals surface area contributed by atoms with E-state index in [9.17, 15) is 4.79 Å². The molecule has 0 atom stereocenters. The molecule has 0 saturated carbocycles. The van der Waals surface area contributed by atoms with E-state index in [1.807, 2.05) is 31.2 Å². The SMILES string of the molecule is COc1ccc(Cl)cc1NC(=O)Cn1nnc(Cc2ccc(C)cc2)n1. The number of amides is 1. The van der Waals surface area contributed by atoms with Crippen molar-refractivity contribution in [3.05, 3.63) is 64.4 Å². The predicted octanol–water partition coefficient (Wildman–Crippen LogP) is 2.87. The summed E-state index contributed by atoms with van der Waals surface area (Å²) in [6, 6.07) is 13.1. The van der Waals surface area contributed by atoms with Gasteiger partial charge in [0.1, 0.15) is 12.3 Å². The van der Waals surface area contributed by atoms with Crippen LogP contribution in [0, 0.1) is 6.92 Å². The number of tetrazole rings is 1. The van der Waals surface area contributed by atoms with Gasteiger partial charge in [0.2, 0.25) is 5.91 Å². The number of carbonyl (C=O) groups excluding carboxylic acids is 1. The second kappa shape index (κ2) is 7.97. The van der Waals surface area contributed by atoms with E-state index in [-0.39, 0.29) is 12.5 Å². The van der Waals surface area contributed by atoms with E-state index >= 15 is 0 Å². The average molecular weight is 372 g/mol. The van der Waals surface area contributed by atoms with Crippen LogP contribution in [0.25, 0.3) is 0 Å². The van der Waals surface area contributed by atoms with Gasteiger partial charge in [-0.1, -0.05) is 41.4 Å². The van der Waals surface area contributed by atoms with Gasteiger partial charge in [-0.2, -0.15) is 4.80 Å². The standard InChI is InChI=1S/C18H18ClN5O2/c1-12-3-5-13(6-4-12)9-17-21-23-24(22-17)11-18(25)20-15-10-14(19)7-8-16(15)26-2/h3-8,10H,9,11H2,1-2H3,(H,20,25). The summed E-state index contributed by atoms with van der Waals surface area (Å²) in [6.45, 7) is 1.97. The molecule has 1 N–H and O–H groups in total. The highest BCUT2D eigenvalue weighted by Gasteiger charge is 2.11. The maximum Gasteiger partial charge on any atom is 0.248 e. The first kappa shape index (κ1) is 17.9. The molecule has 3 aromatic rings. The quantitative estimate of drug-likeness (QED) is 0.720. The molecule has 0 fully saturated rings. The number of hydrogen-bond acceptors (Lipinski definition) is 5. The van der Waals surface area contributed by atoms with E-state index in [1.54, 1.807) is 18.2 Å². The van der Waals surface area contributed by atoms with E-state index < -0.39 is 0 Å². The highest BCUT2D eigenvalue weighted by atomic mass is 35.5. The number of anilines is 1. The molecule has 0 unspecified atom stereocenters. The molecular weight excluding hydrogens is 354 g/mol. The van der Waals surface area contributed by atoms with Gasteiger partial charge < -0.3 is 10.1 Å². The Labute approximate surface area is 155 Å². The van der Waals surface area contributed by atoms with Crippen LogP contribution in [-0.4, -0.2) is 33.2 Å². The Morgan fingerprint density at radius 1 is 1.23 bits per heavy atom. The Balaban J connectivity index is 1.62. The van der Waals surface area contributed by atoms with Crippen LogP contribution in [0.1, 0.15) is 17.0 Å². The van der Waals surface area contributed by atoms with Crippen LogP contribution in [-0.2, 0) is 17.8 Å². The monoisotopic (exact) mass is 371 g/mol. The van der Waals surface area contributed by atoms with Crippen LogP contribution in [0.15, 0.2) is 42.5 Å². The summed E-state index contributed by atoms with van der Waals surface area (Å²) in [6.07, 6.45) is 0.560. The number of nitrogens with zero attached hydrogens (tertiary/aromatic N) is 4. The number of benzene rings is 2. The Kier molecular flexibility index (Phi) is 5.48. The molecule has 0 bridgehead atoms. The first-order valence-electron chi connectivity index (χ1n) is 7.99. The van der Waals surface area contributed by atoms with Gasteiger partial charge in [-0.05, 0) is 35.9 Å². The number of hydrogen-bond donors (Lipinski definition) is 1. The van der Waals surface area contributed by atoms with Gasteiger partial charge in [0, 0.05) is 11.4 Å². The maximum absolute atomic E-state index is 12.2. The molecule has 134 valence electrons. The molecule has 0 aliphatic heterocycles. The van der Waals surface area contributed by atoms with Gasteiger partial charge in [-0.25, -0.2) is 0 Å². The van der Waals surface area contributed by atoms with Gasteiger partial charge in [-0.15, -0.1) is 10.2 Å². The van der Waals surface area contributed by atoms with Crippen molar-refractivity contribution >= 4 is 23.2 Å². The summed E-state index contributed by atoms with van der Waals surface area (Å²) < 4.78 is 5.21. The fraction of sp³-hybridized carbons (Fsp3) is 0.222. The third-order valence-electron chi connectivity index (χ3n) is 3.70. The topological polar surface area (TPSA) is 81.9 Å². The van der Waals surface area contributed by atoms with Gasteiger partial charge >= 0.3 is 0 Å². The van der Waals surface area contributed by atoms with Crippen molar-refractivity contribution in [3.63, 3.8) is 0 Å². The predicted molar refractivity (Wildman–Crippen MR) is 98.4 cm³/mol. The lowest BCUT2D eigenvalue weighted by atomic mass is 10.1. The number of nitrogens with one attached hydrogen (secondary N) is 1. The number of methoxy groups -OCH3 is 1. The van der Waals surface area contributed by atoms with Crippen LogP contribution >= 0.6 is 11.6 Å². The average Bonchev–Trinajstić information content (AvgIpc) is 3.04. The van der Waals surface area contributed by atoms with Crippen molar-refractivity contribution in [2.45, 2.75) is 19.9 Å². The van der Waals surface area contributed by atoms with Gasteiger partial charge in [0.25, 0.3) is 0 Å². The number of rotatable bonds is 6. The van der Waals surface area contributed by atoms with Crippen LogP contribution in [0.5, 0.6) is 5.75 Å². The number of ether oxygens (including phenoxy) is 1. The normalized spacial score (nSPS) is 10.6. The number of halogens is 1. The van der Waals surface area contributed by atoms with Crippen molar-refractivity contribution in [1.29, 1.82) is 0 Å². The third kappa shape index (κ3) is 4.58. The maximum atomic E-state index is 12.2. The largest absolute Gasteiger partial charge is 0.495 e. The molecule has 8 heteroatoms. The smallest absolute Gasteiger partial charge is 0.248 e. The fourth-order valence-electron chi connectivity index (χ4n) is 2.40. The highest BCUT2D eigenvalue weighted by molar-refractivity contribution is 6.31. The molecule has 3 rings (SSSR count). The molecule has 26 heavy (non-hydrogen) atoms. The summed E-state index contributed by atoms with van der Waals surface area (Å²) in [5, 5.41) is 15.4. The van der Waals surface area contributed by atoms with E-state index in [1.165, 1.54) is 17.5 Å². The Morgan fingerprint density at radius 3 is 2.73 bits per heavy atom. The second-order valence-electron chi connectivity index (χ2n) is 5.79. The number of aryl methyl sites for hydroxylation is 1. The molecule has 1 aromatic heterocycles. The Bertz CT molecular complexity index is 908. The molecule has 0 aliphatic rings. The fourth-order valence-corrected chi connectivity index (χ4v) is 2.57. The van der Waals surface area contributed by atoms with Crippen molar-refractivity contribution < 1.29 is 9.53 Å². The molecule has 0 spiro atoms. The molecule has 0 saturated heterocycles. The van der Waals surface area contributed by atoms with Crippen LogP contribution < -0.4 is 10.1 Å². The highest BCUT2D eigenvalue weighted by Crippen LogP contribution is 2.27. The summed E-state index contributed by atoms with van der Waals surface area (Å²) in [7, 11) is 1.52. The molecule has 2 aromatic carbocycles. The van der Waals surface area contributed by atoms with Gasteiger partial charge in [-0.3, -0.25) is 4.79 Å². The molecule has 1 amide bonds. The van der Waals surface area contributed by atoms with E-state index in [4.69, 9.17) is 16.3 Å². The van der Waals surface area contributed by atoms with Crippen LogP contribution in [0.3, 0.4) is 0 Å². The summed E-state index contributed by atoms with van der Waals surface area (Å²) in [5.74, 6) is 0.779. The van der Waals surface area contributed by atoms with Crippen LogP contribution in [0.4, 0.5) is 5.69 Å².